The van der Waals surface area contributed by atoms with E-state index in [-0.39, 0.29) is 17.4 Å². The van der Waals surface area contributed by atoms with Crippen molar-refractivity contribution in [2.75, 3.05) is 13.2 Å². The maximum atomic E-state index is 11.7. The van der Waals surface area contributed by atoms with Gasteiger partial charge in [0.15, 0.2) is 0 Å². The van der Waals surface area contributed by atoms with E-state index in [0.717, 1.165) is 0 Å². The van der Waals surface area contributed by atoms with Crippen LogP contribution in [-0.4, -0.2) is 32.5 Å². The highest BCUT2D eigenvalue weighted by Gasteiger charge is 2.29. The van der Waals surface area contributed by atoms with Crippen LogP contribution in [-0.2, 0) is 10.0 Å². The average Bonchev–Trinajstić information content (AvgIpc) is 2.59. The molecule has 6 heteroatoms. The molecule has 1 aliphatic heterocycles. The Balaban J connectivity index is 2.35. The molecule has 1 aromatic rings. The largest absolute Gasteiger partial charge is 0.396 e. The van der Waals surface area contributed by atoms with E-state index in [1.807, 2.05) is 6.92 Å². The lowest BCUT2D eigenvalue weighted by Crippen LogP contribution is -2.23. The van der Waals surface area contributed by atoms with Crippen molar-refractivity contribution in [3.05, 3.63) is 29.8 Å². The summed E-state index contributed by atoms with van der Waals surface area (Å²) in [6.45, 7) is 2.27. The first kappa shape index (κ1) is 12.1. The summed E-state index contributed by atoms with van der Waals surface area (Å²) < 4.78 is 25.9. The zero-order valence-corrected chi connectivity index (χ0v) is 10.2. The van der Waals surface area contributed by atoms with Crippen LogP contribution in [0.15, 0.2) is 34.2 Å². The molecule has 1 aliphatic rings. The number of fused-ring (bicyclic) bond motifs is 1. The standard InChI is InChI=1S/C11H14N2O3S/c1-8(7-14)6-12-11-9-4-2-3-5-10(9)17(15,16)13-11/h2-5,8,14H,6-7H2,1H3,(H,12,13). The van der Waals surface area contributed by atoms with Gasteiger partial charge in [-0.1, -0.05) is 19.1 Å². The Morgan fingerprint density at radius 2 is 2.12 bits per heavy atom. The highest BCUT2D eigenvalue weighted by Crippen LogP contribution is 2.22. The minimum atomic E-state index is -3.45. The van der Waals surface area contributed by atoms with Crippen molar-refractivity contribution in [2.24, 2.45) is 10.9 Å². The minimum Gasteiger partial charge on any atom is -0.396 e. The third-order valence-corrected chi connectivity index (χ3v) is 3.93. The molecular formula is C11H14N2O3S. The fourth-order valence-electron chi connectivity index (χ4n) is 1.56. The molecule has 5 nitrogen and oxygen atoms in total. The quantitative estimate of drug-likeness (QED) is 0.817. The predicted molar refractivity (Wildman–Crippen MR) is 64.4 cm³/mol. The lowest BCUT2D eigenvalue weighted by atomic mass is 10.2. The van der Waals surface area contributed by atoms with Gasteiger partial charge in [-0.25, -0.2) is 8.42 Å². The van der Waals surface area contributed by atoms with Crippen LogP contribution >= 0.6 is 0 Å². The second-order valence-electron chi connectivity index (χ2n) is 4.08. The molecule has 0 bridgehead atoms. The Bertz CT molecular complexity index is 552. The molecule has 2 N–H and O–H groups in total. The Kier molecular flexibility index (Phi) is 3.17. The van der Waals surface area contributed by atoms with Crippen LogP contribution in [0.4, 0.5) is 0 Å². The summed E-state index contributed by atoms with van der Waals surface area (Å²) in [5.74, 6) is 0.376. The summed E-state index contributed by atoms with van der Waals surface area (Å²) in [7, 11) is -3.45. The van der Waals surface area contributed by atoms with Crippen LogP contribution in [0.2, 0.25) is 0 Å². The van der Waals surface area contributed by atoms with Gasteiger partial charge in [0, 0.05) is 18.7 Å². The Morgan fingerprint density at radius 1 is 1.41 bits per heavy atom. The van der Waals surface area contributed by atoms with Crippen LogP contribution in [0.25, 0.3) is 0 Å². The molecular weight excluding hydrogens is 240 g/mol. The summed E-state index contributed by atoms with van der Waals surface area (Å²) in [5, 5.41) is 8.90. The van der Waals surface area contributed by atoms with E-state index in [1.54, 1.807) is 24.3 Å². The topological polar surface area (TPSA) is 78.8 Å². The number of rotatable bonds is 3. The van der Waals surface area contributed by atoms with E-state index in [2.05, 4.69) is 9.71 Å². The number of amidine groups is 1. The van der Waals surface area contributed by atoms with Crippen molar-refractivity contribution in [1.82, 2.24) is 4.72 Å². The number of nitrogens with zero attached hydrogens (tertiary/aromatic N) is 1. The molecule has 1 atom stereocenters. The lowest BCUT2D eigenvalue weighted by molar-refractivity contribution is 0.242. The Labute approximate surface area is 100 Å². The number of benzene rings is 1. The van der Waals surface area contributed by atoms with E-state index in [0.29, 0.717) is 17.9 Å². The monoisotopic (exact) mass is 254 g/mol. The molecule has 0 fully saturated rings. The molecule has 17 heavy (non-hydrogen) atoms. The molecule has 0 saturated heterocycles. The molecule has 0 aliphatic carbocycles. The van der Waals surface area contributed by atoms with Crippen molar-refractivity contribution in [2.45, 2.75) is 11.8 Å². The first-order chi connectivity index (χ1) is 8.04. The molecule has 1 aromatic carbocycles. The van der Waals surface area contributed by atoms with Gasteiger partial charge in [-0.2, -0.15) is 0 Å². The van der Waals surface area contributed by atoms with E-state index < -0.39 is 10.0 Å². The minimum absolute atomic E-state index is 0.0137. The summed E-state index contributed by atoms with van der Waals surface area (Å²) in [6.07, 6.45) is 0. The van der Waals surface area contributed by atoms with Gasteiger partial charge in [-0.05, 0) is 18.1 Å². The number of nitrogens with one attached hydrogen (secondary N) is 1. The molecule has 1 heterocycles. The maximum Gasteiger partial charge on any atom is 0.263 e. The zero-order valence-electron chi connectivity index (χ0n) is 9.42. The summed E-state index contributed by atoms with van der Waals surface area (Å²) in [6, 6.07) is 6.72. The van der Waals surface area contributed by atoms with Crippen LogP contribution in [0.5, 0.6) is 0 Å². The summed E-state index contributed by atoms with van der Waals surface area (Å²) in [5.41, 5.74) is 0.595. The SMILES string of the molecule is CC(CO)CN=C1NS(=O)(=O)c2ccccc21. The first-order valence-electron chi connectivity index (χ1n) is 5.32. The first-order valence-corrected chi connectivity index (χ1v) is 6.80. The summed E-state index contributed by atoms with van der Waals surface area (Å²) >= 11 is 0. The van der Waals surface area contributed by atoms with Gasteiger partial charge in [-0.3, -0.25) is 9.71 Å². The third kappa shape index (κ3) is 2.32. The number of aliphatic imine (C=N–C) groups is 1. The number of sulfonamides is 1. The highest BCUT2D eigenvalue weighted by molar-refractivity contribution is 7.90. The zero-order chi connectivity index (χ0) is 12.5. The maximum absolute atomic E-state index is 11.7. The second-order valence-corrected chi connectivity index (χ2v) is 5.73. The normalized spacial score (nSPS) is 20.9. The molecule has 0 radical (unpaired) electrons. The van der Waals surface area contributed by atoms with Gasteiger partial charge >= 0.3 is 0 Å². The summed E-state index contributed by atoms with van der Waals surface area (Å²) in [4.78, 5) is 4.46. The third-order valence-electron chi connectivity index (χ3n) is 2.54. The van der Waals surface area contributed by atoms with Gasteiger partial charge in [-0.15, -0.1) is 0 Å². The number of aliphatic hydroxyl groups excluding tert-OH is 1. The number of hydrogen-bond acceptors (Lipinski definition) is 4. The smallest absolute Gasteiger partial charge is 0.263 e. The molecule has 0 amide bonds. The highest BCUT2D eigenvalue weighted by atomic mass is 32.2. The van der Waals surface area contributed by atoms with Crippen molar-refractivity contribution < 1.29 is 13.5 Å². The van der Waals surface area contributed by atoms with Gasteiger partial charge in [0.05, 0.1) is 4.90 Å². The molecule has 0 spiro atoms. The molecule has 92 valence electrons. The molecule has 2 rings (SSSR count). The second kappa shape index (κ2) is 4.46. The molecule has 0 saturated carbocycles. The van der Waals surface area contributed by atoms with Crippen LogP contribution in [0, 0.1) is 5.92 Å². The van der Waals surface area contributed by atoms with Crippen molar-refractivity contribution in [3.8, 4) is 0 Å². The Hall–Kier alpha value is -1.40. The van der Waals surface area contributed by atoms with Crippen LogP contribution < -0.4 is 4.72 Å². The van der Waals surface area contributed by atoms with Gasteiger partial charge in [0.2, 0.25) is 0 Å². The van der Waals surface area contributed by atoms with Crippen molar-refractivity contribution in [3.63, 3.8) is 0 Å². The van der Waals surface area contributed by atoms with E-state index >= 15 is 0 Å². The van der Waals surface area contributed by atoms with Gasteiger partial charge in [0.1, 0.15) is 5.84 Å². The van der Waals surface area contributed by atoms with Gasteiger partial charge < -0.3 is 5.11 Å². The van der Waals surface area contributed by atoms with E-state index in [4.69, 9.17) is 5.11 Å². The predicted octanol–water partition coefficient (Wildman–Crippen LogP) is 0.353. The average molecular weight is 254 g/mol. The Morgan fingerprint density at radius 3 is 2.82 bits per heavy atom. The number of hydrogen-bond donors (Lipinski definition) is 2. The van der Waals surface area contributed by atoms with Crippen LogP contribution in [0.3, 0.4) is 0 Å². The van der Waals surface area contributed by atoms with Crippen molar-refractivity contribution >= 4 is 15.9 Å². The number of aliphatic hydroxyl groups is 1. The van der Waals surface area contributed by atoms with Crippen LogP contribution in [0.1, 0.15) is 12.5 Å². The molecule has 1 unspecified atom stereocenters. The van der Waals surface area contributed by atoms with E-state index in [9.17, 15) is 8.42 Å². The van der Waals surface area contributed by atoms with E-state index in [1.165, 1.54) is 0 Å². The fourth-order valence-corrected chi connectivity index (χ4v) is 2.81. The fraction of sp³-hybridized carbons (Fsp3) is 0.364. The van der Waals surface area contributed by atoms with Crippen molar-refractivity contribution in [1.29, 1.82) is 0 Å². The lowest BCUT2D eigenvalue weighted by Gasteiger charge is -2.04. The van der Waals surface area contributed by atoms with Gasteiger partial charge in [0.25, 0.3) is 10.0 Å². The molecule has 0 aromatic heterocycles.